The molecule has 2 aromatic carbocycles. The van der Waals surface area contributed by atoms with Crippen molar-refractivity contribution in [1.82, 2.24) is 0 Å². The zero-order valence-electron chi connectivity index (χ0n) is 14.8. The van der Waals surface area contributed by atoms with Gasteiger partial charge in [-0.05, 0) is 70.5 Å². The van der Waals surface area contributed by atoms with Crippen molar-refractivity contribution in [1.29, 1.82) is 0 Å². The average molecular weight is 483 g/mol. The minimum atomic E-state index is -4.05. The lowest BCUT2D eigenvalue weighted by atomic mass is 10.2. The number of nitrogens with zero attached hydrogens (tertiary/aromatic N) is 1. The number of benzene rings is 2. The maximum atomic E-state index is 12.6. The molecule has 2 N–H and O–H groups in total. The number of thioether (sulfide) groups is 1. The van der Waals surface area contributed by atoms with Crippen molar-refractivity contribution in [2.75, 3.05) is 7.11 Å². The van der Waals surface area contributed by atoms with Crippen molar-refractivity contribution in [3.63, 3.8) is 0 Å². The molecule has 3 rings (SSSR count). The van der Waals surface area contributed by atoms with Crippen LogP contribution in [0.5, 0.6) is 11.5 Å². The minimum absolute atomic E-state index is 0.00592. The Bertz CT molecular complexity index is 1110. The van der Waals surface area contributed by atoms with E-state index in [2.05, 4.69) is 20.9 Å². The van der Waals surface area contributed by atoms with E-state index < -0.39 is 16.0 Å². The molecule has 28 heavy (non-hydrogen) atoms. The summed E-state index contributed by atoms with van der Waals surface area (Å²) in [6, 6.07) is 9.47. The molecule has 0 spiro atoms. The smallest absolute Gasteiger partial charge is 0.339 e. The number of methoxy groups -OCH3 is 1. The van der Waals surface area contributed by atoms with Gasteiger partial charge in [0.1, 0.15) is 4.90 Å². The Balaban J connectivity index is 1.95. The molecule has 10 heteroatoms. The van der Waals surface area contributed by atoms with Gasteiger partial charge in [-0.2, -0.15) is 13.4 Å². The number of aryl methyl sites for hydroxylation is 1. The fourth-order valence-corrected chi connectivity index (χ4v) is 4.63. The van der Waals surface area contributed by atoms with E-state index in [1.54, 1.807) is 30.3 Å². The maximum absolute atomic E-state index is 12.6. The third-order valence-electron chi connectivity index (χ3n) is 3.69. The molecule has 1 heterocycles. The molecule has 0 fully saturated rings. The van der Waals surface area contributed by atoms with Gasteiger partial charge in [0.25, 0.3) is 5.91 Å². The number of amides is 1. The van der Waals surface area contributed by atoms with Crippen molar-refractivity contribution >= 4 is 55.0 Å². The molecule has 0 radical (unpaired) electrons. The van der Waals surface area contributed by atoms with Crippen LogP contribution < -0.4 is 14.7 Å². The van der Waals surface area contributed by atoms with Crippen LogP contribution in [0.2, 0.25) is 0 Å². The summed E-state index contributed by atoms with van der Waals surface area (Å²) in [6.07, 6.45) is 1.59. The lowest BCUT2D eigenvalue weighted by Gasteiger charge is -2.13. The van der Waals surface area contributed by atoms with Gasteiger partial charge in [0.15, 0.2) is 16.7 Å². The number of hydrogen-bond acceptors (Lipinski definition) is 7. The van der Waals surface area contributed by atoms with Gasteiger partial charge in [-0.3, -0.25) is 4.79 Å². The fraction of sp³-hybridized carbons (Fsp3) is 0.111. The van der Waals surface area contributed by atoms with Crippen LogP contribution in [0.25, 0.3) is 6.08 Å². The summed E-state index contributed by atoms with van der Waals surface area (Å²) in [5, 5.41) is 0.173. The fourth-order valence-electron chi connectivity index (χ4n) is 2.34. The molecule has 0 saturated heterocycles. The van der Waals surface area contributed by atoms with Crippen LogP contribution in [0.3, 0.4) is 0 Å². The first-order valence-corrected chi connectivity index (χ1v) is 10.9. The van der Waals surface area contributed by atoms with Crippen LogP contribution in [0.15, 0.2) is 55.7 Å². The highest BCUT2D eigenvalue weighted by Gasteiger charge is 2.23. The molecule has 146 valence electrons. The standard InChI is InChI=1S/C18H15BrN2O5S2/c1-10-3-5-12(6-4-10)28(23,24)26-16-13(19)7-11(8-14(16)25-2)9-15-17(22)21-18(20)27-15/h3-9H,1-2H3,(H2,20,21,22)/b15-9+. The molecule has 0 bridgehead atoms. The summed E-state index contributed by atoms with van der Waals surface area (Å²) in [7, 11) is -2.67. The lowest BCUT2D eigenvalue weighted by molar-refractivity contribution is -0.113. The van der Waals surface area contributed by atoms with Crippen molar-refractivity contribution in [2.24, 2.45) is 10.7 Å². The quantitative estimate of drug-likeness (QED) is 0.513. The van der Waals surface area contributed by atoms with Gasteiger partial charge in [0.2, 0.25) is 0 Å². The van der Waals surface area contributed by atoms with E-state index in [1.165, 1.54) is 19.2 Å². The second kappa shape index (κ2) is 7.98. The summed E-state index contributed by atoms with van der Waals surface area (Å²) in [5.74, 6) is -0.243. The summed E-state index contributed by atoms with van der Waals surface area (Å²) >= 11 is 4.36. The highest BCUT2D eigenvalue weighted by atomic mass is 79.9. The Labute approximate surface area is 174 Å². The monoisotopic (exact) mass is 482 g/mol. The van der Waals surface area contributed by atoms with Crippen LogP contribution in [0, 0.1) is 6.92 Å². The maximum Gasteiger partial charge on any atom is 0.339 e. The number of amidine groups is 1. The Kier molecular flexibility index (Phi) is 5.82. The van der Waals surface area contributed by atoms with Gasteiger partial charge in [0, 0.05) is 0 Å². The molecule has 0 aliphatic carbocycles. The lowest BCUT2D eigenvalue weighted by Crippen LogP contribution is -2.11. The summed E-state index contributed by atoms with van der Waals surface area (Å²) < 4.78 is 36.1. The normalized spacial score (nSPS) is 15.6. The second-order valence-electron chi connectivity index (χ2n) is 5.75. The first-order chi connectivity index (χ1) is 13.2. The highest BCUT2D eigenvalue weighted by molar-refractivity contribution is 9.10. The van der Waals surface area contributed by atoms with E-state index in [0.29, 0.717) is 14.9 Å². The molecule has 1 aliphatic heterocycles. The number of nitrogens with two attached hydrogens (primary N) is 1. The van der Waals surface area contributed by atoms with Crippen molar-refractivity contribution < 1.29 is 22.1 Å². The van der Waals surface area contributed by atoms with E-state index >= 15 is 0 Å². The number of carbonyl (C=O) groups excluding carboxylic acids is 1. The van der Waals surface area contributed by atoms with E-state index in [1.807, 2.05) is 6.92 Å². The predicted molar refractivity (Wildman–Crippen MR) is 112 cm³/mol. The third kappa shape index (κ3) is 4.40. The Hall–Kier alpha value is -2.30. The van der Waals surface area contributed by atoms with Gasteiger partial charge in [-0.1, -0.05) is 17.7 Å². The molecule has 0 saturated carbocycles. The van der Waals surface area contributed by atoms with Crippen molar-refractivity contribution in [3.8, 4) is 11.5 Å². The van der Waals surface area contributed by atoms with E-state index in [4.69, 9.17) is 14.7 Å². The van der Waals surface area contributed by atoms with Gasteiger partial charge >= 0.3 is 10.1 Å². The Morgan fingerprint density at radius 1 is 1.21 bits per heavy atom. The number of aliphatic imine (C=N–C) groups is 1. The molecular weight excluding hydrogens is 468 g/mol. The zero-order chi connectivity index (χ0) is 20.5. The van der Waals surface area contributed by atoms with Crippen LogP contribution in [0.1, 0.15) is 11.1 Å². The number of carbonyl (C=O) groups is 1. The minimum Gasteiger partial charge on any atom is -0.493 e. The molecule has 0 atom stereocenters. The van der Waals surface area contributed by atoms with Crippen molar-refractivity contribution in [2.45, 2.75) is 11.8 Å². The Morgan fingerprint density at radius 3 is 2.46 bits per heavy atom. The summed E-state index contributed by atoms with van der Waals surface area (Å²) in [6.45, 7) is 1.86. The topological polar surface area (TPSA) is 108 Å². The molecule has 1 aliphatic rings. The third-order valence-corrected chi connectivity index (χ3v) is 6.33. The van der Waals surface area contributed by atoms with Gasteiger partial charge in [-0.25, -0.2) is 0 Å². The van der Waals surface area contributed by atoms with Crippen LogP contribution in [-0.4, -0.2) is 26.6 Å². The van der Waals surface area contributed by atoms with E-state index in [-0.39, 0.29) is 21.6 Å². The van der Waals surface area contributed by atoms with Crippen LogP contribution in [0.4, 0.5) is 0 Å². The Morgan fingerprint density at radius 2 is 1.89 bits per heavy atom. The zero-order valence-corrected chi connectivity index (χ0v) is 18.0. The molecule has 0 unspecified atom stereocenters. The van der Waals surface area contributed by atoms with Crippen LogP contribution >= 0.6 is 27.7 Å². The highest BCUT2D eigenvalue weighted by Crippen LogP contribution is 2.39. The van der Waals surface area contributed by atoms with Crippen molar-refractivity contribution in [3.05, 3.63) is 56.9 Å². The number of rotatable bonds is 5. The summed E-state index contributed by atoms with van der Waals surface area (Å²) in [4.78, 5) is 15.8. The first kappa shape index (κ1) is 20.4. The van der Waals surface area contributed by atoms with E-state index in [0.717, 1.165) is 17.3 Å². The SMILES string of the molecule is COc1cc(/C=C2/SC(N)=NC2=O)cc(Br)c1OS(=O)(=O)c1ccc(C)cc1. The first-order valence-electron chi connectivity index (χ1n) is 7.86. The second-order valence-corrected chi connectivity index (χ2v) is 9.21. The largest absolute Gasteiger partial charge is 0.493 e. The number of halogens is 1. The molecule has 1 amide bonds. The molecule has 2 aromatic rings. The van der Waals surface area contributed by atoms with Gasteiger partial charge < -0.3 is 14.7 Å². The number of hydrogen-bond donors (Lipinski definition) is 1. The van der Waals surface area contributed by atoms with Gasteiger partial charge in [0.05, 0.1) is 16.5 Å². The summed E-state index contributed by atoms with van der Waals surface area (Å²) in [5.41, 5.74) is 7.06. The molecule has 0 aromatic heterocycles. The van der Waals surface area contributed by atoms with E-state index in [9.17, 15) is 13.2 Å². The van der Waals surface area contributed by atoms with Gasteiger partial charge in [-0.15, -0.1) is 0 Å². The number of ether oxygens (including phenoxy) is 1. The van der Waals surface area contributed by atoms with Crippen LogP contribution in [-0.2, 0) is 14.9 Å². The molecule has 7 nitrogen and oxygen atoms in total. The average Bonchev–Trinajstić information content (AvgIpc) is 2.94. The molecular formula is C18H15BrN2O5S2. The predicted octanol–water partition coefficient (Wildman–Crippen LogP) is 3.46.